The van der Waals surface area contributed by atoms with E-state index in [1.54, 1.807) is 0 Å². The van der Waals surface area contributed by atoms with Crippen LogP contribution in [0.15, 0.2) is 30.3 Å². The lowest BCUT2D eigenvalue weighted by atomic mass is 9.79. The molecule has 2 N–H and O–H groups in total. The summed E-state index contributed by atoms with van der Waals surface area (Å²) in [6.45, 7) is 4.05. The molecule has 0 radical (unpaired) electrons. The predicted molar refractivity (Wildman–Crippen MR) is 76.3 cm³/mol. The van der Waals surface area contributed by atoms with Crippen molar-refractivity contribution in [1.82, 2.24) is 5.32 Å². The van der Waals surface area contributed by atoms with Crippen LogP contribution in [-0.2, 0) is 9.59 Å². The van der Waals surface area contributed by atoms with E-state index in [0.29, 0.717) is 12.8 Å². The molecule has 0 aliphatic heterocycles. The molecule has 1 atom stereocenters. The highest BCUT2D eigenvalue weighted by atomic mass is 16.4. The molecule has 1 aromatic carbocycles. The Kier molecular flexibility index (Phi) is 4.42. The second-order valence-corrected chi connectivity index (χ2v) is 5.84. The molecule has 4 nitrogen and oxygen atoms in total. The number of hydrogen-bond acceptors (Lipinski definition) is 2. The number of rotatable bonds is 5. The first kappa shape index (κ1) is 14.6. The number of carboxylic acid groups (broad SMARTS) is 1. The van der Waals surface area contributed by atoms with Gasteiger partial charge in [-0.05, 0) is 24.3 Å². The second kappa shape index (κ2) is 6.07. The molecule has 1 aliphatic rings. The van der Waals surface area contributed by atoms with Crippen molar-refractivity contribution >= 4 is 11.9 Å². The number of aliphatic carboxylic acids is 1. The minimum absolute atomic E-state index is 0.0000359. The average molecular weight is 275 g/mol. The Balaban J connectivity index is 1.97. The molecule has 4 heteroatoms. The summed E-state index contributed by atoms with van der Waals surface area (Å²) in [7, 11) is 0. The van der Waals surface area contributed by atoms with E-state index in [9.17, 15) is 9.59 Å². The third-order valence-electron chi connectivity index (χ3n) is 3.94. The lowest BCUT2D eigenvalue weighted by molar-refractivity contribution is -0.146. The highest BCUT2D eigenvalue weighted by molar-refractivity contribution is 5.84. The van der Waals surface area contributed by atoms with Gasteiger partial charge in [0, 0.05) is 6.04 Å². The van der Waals surface area contributed by atoms with Crippen LogP contribution in [0.1, 0.15) is 38.2 Å². The van der Waals surface area contributed by atoms with Gasteiger partial charge in [-0.3, -0.25) is 9.59 Å². The first-order valence-electron chi connectivity index (χ1n) is 7.07. The minimum atomic E-state index is -0.765. The highest BCUT2D eigenvalue weighted by Gasteiger charge is 2.36. The number of amides is 1. The van der Waals surface area contributed by atoms with Crippen LogP contribution >= 0.6 is 0 Å². The van der Waals surface area contributed by atoms with Crippen LogP contribution in [0.25, 0.3) is 0 Å². The maximum Gasteiger partial charge on any atom is 0.306 e. The van der Waals surface area contributed by atoms with Gasteiger partial charge >= 0.3 is 5.97 Å². The van der Waals surface area contributed by atoms with Crippen LogP contribution in [0.4, 0.5) is 0 Å². The zero-order valence-corrected chi connectivity index (χ0v) is 11.9. The van der Waals surface area contributed by atoms with Crippen LogP contribution in [0.3, 0.4) is 0 Å². The first-order valence-corrected chi connectivity index (χ1v) is 7.07. The Bertz CT molecular complexity index is 478. The number of benzene rings is 1. The fourth-order valence-corrected chi connectivity index (χ4v) is 2.73. The predicted octanol–water partition coefficient (Wildman–Crippen LogP) is 2.41. The SMILES string of the molecule is CC(C)C(C(=O)NC1CC(C(=O)O)C1)c1ccccc1. The van der Waals surface area contributed by atoms with Gasteiger partial charge < -0.3 is 10.4 Å². The normalized spacial score (nSPS) is 22.9. The zero-order valence-electron chi connectivity index (χ0n) is 11.9. The largest absolute Gasteiger partial charge is 0.481 e. The Hall–Kier alpha value is -1.84. The lowest BCUT2D eigenvalue weighted by Crippen LogP contribution is -2.48. The monoisotopic (exact) mass is 275 g/mol. The maximum absolute atomic E-state index is 12.4. The van der Waals surface area contributed by atoms with Gasteiger partial charge in [-0.2, -0.15) is 0 Å². The fraction of sp³-hybridized carbons (Fsp3) is 0.500. The van der Waals surface area contributed by atoms with Gasteiger partial charge in [0.15, 0.2) is 0 Å². The van der Waals surface area contributed by atoms with E-state index in [-0.39, 0.29) is 29.7 Å². The summed E-state index contributed by atoms with van der Waals surface area (Å²) in [5, 5.41) is 11.8. The number of hydrogen-bond donors (Lipinski definition) is 2. The van der Waals surface area contributed by atoms with Crippen LogP contribution in [0.2, 0.25) is 0 Å². The summed E-state index contributed by atoms with van der Waals surface area (Å²) < 4.78 is 0. The number of carbonyl (C=O) groups is 2. The molecule has 0 bridgehead atoms. The number of carbonyl (C=O) groups excluding carboxylic acids is 1. The van der Waals surface area contributed by atoms with Crippen LogP contribution < -0.4 is 5.32 Å². The van der Waals surface area contributed by atoms with Crippen molar-refractivity contribution in [1.29, 1.82) is 0 Å². The summed E-state index contributed by atoms with van der Waals surface area (Å²) in [5.41, 5.74) is 1.01. The third kappa shape index (κ3) is 3.18. The van der Waals surface area contributed by atoms with Crippen molar-refractivity contribution in [2.24, 2.45) is 11.8 Å². The molecule has 1 aliphatic carbocycles. The molecule has 0 spiro atoms. The molecule has 1 fully saturated rings. The van der Waals surface area contributed by atoms with Gasteiger partial charge in [-0.25, -0.2) is 0 Å². The summed E-state index contributed by atoms with van der Waals surface area (Å²) in [5.74, 6) is -1.04. The van der Waals surface area contributed by atoms with E-state index in [2.05, 4.69) is 5.32 Å². The topological polar surface area (TPSA) is 66.4 Å². The van der Waals surface area contributed by atoms with Gasteiger partial charge in [0.2, 0.25) is 5.91 Å². The smallest absolute Gasteiger partial charge is 0.306 e. The van der Waals surface area contributed by atoms with Crippen LogP contribution in [0.5, 0.6) is 0 Å². The van der Waals surface area contributed by atoms with Crippen LogP contribution in [0, 0.1) is 11.8 Å². The summed E-state index contributed by atoms with van der Waals surface area (Å²) >= 11 is 0. The van der Waals surface area contributed by atoms with E-state index >= 15 is 0 Å². The summed E-state index contributed by atoms with van der Waals surface area (Å²) in [4.78, 5) is 23.2. The van der Waals surface area contributed by atoms with Crippen molar-refractivity contribution in [3.8, 4) is 0 Å². The minimum Gasteiger partial charge on any atom is -0.481 e. The van der Waals surface area contributed by atoms with Gasteiger partial charge in [0.05, 0.1) is 11.8 Å². The fourth-order valence-electron chi connectivity index (χ4n) is 2.73. The Morgan fingerprint density at radius 3 is 2.30 bits per heavy atom. The number of carboxylic acids is 1. The van der Waals surface area contributed by atoms with E-state index in [1.165, 1.54) is 0 Å². The molecule has 2 rings (SSSR count). The zero-order chi connectivity index (χ0) is 14.7. The van der Waals surface area contributed by atoms with E-state index < -0.39 is 5.97 Å². The lowest BCUT2D eigenvalue weighted by Gasteiger charge is -2.34. The molecule has 1 aromatic rings. The molecule has 108 valence electrons. The molecule has 1 amide bonds. The van der Waals surface area contributed by atoms with Crippen molar-refractivity contribution in [3.05, 3.63) is 35.9 Å². The Morgan fingerprint density at radius 2 is 1.80 bits per heavy atom. The number of nitrogens with one attached hydrogen (secondary N) is 1. The summed E-state index contributed by atoms with van der Waals surface area (Å²) in [6, 6.07) is 9.73. The molecule has 1 saturated carbocycles. The maximum atomic E-state index is 12.4. The second-order valence-electron chi connectivity index (χ2n) is 5.84. The third-order valence-corrected chi connectivity index (χ3v) is 3.94. The van der Waals surface area contributed by atoms with Gasteiger partial charge in [0.25, 0.3) is 0 Å². The van der Waals surface area contributed by atoms with Gasteiger partial charge in [-0.15, -0.1) is 0 Å². The van der Waals surface area contributed by atoms with Crippen molar-refractivity contribution < 1.29 is 14.7 Å². The standard InChI is InChI=1S/C16H21NO3/c1-10(2)14(11-6-4-3-5-7-11)15(18)17-13-8-12(9-13)16(19)20/h3-7,10,12-14H,8-9H2,1-2H3,(H,17,18)(H,19,20). The Labute approximate surface area is 119 Å². The molecule has 0 heterocycles. The van der Waals surface area contributed by atoms with Crippen molar-refractivity contribution in [2.45, 2.75) is 38.6 Å². The molecular formula is C16H21NO3. The molecular weight excluding hydrogens is 254 g/mol. The highest BCUT2D eigenvalue weighted by Crippen LogP contribution is 2.30. The van der Waals surface area contributed by atoms with E-state index in [1.807, 2.05) is 44.2 Å². The van der Waals surface area contributed by atoms with E-state index in [4.69, 9.17) is 5.11 Å². The molecule has 1 unspecified atom stereocenters. The average Bonchev–Trinajstić information content (AvgIpc) is 2.33. The van der Waals surface area contributed by atoms with E-state index in [0.717, 1.165) is 5.56 Å². The molecule has 20 heavy (non-hydrogen) atoms. The first-order chi connectivity index (χ1) is 9.49. The van der Waals surface area contributed by atoms with Crippen molar-refractivity contribution in [2.75, 3.05) is 0 Å². The van der Waals surface area contributed by atoms with Gasteiger partial charge in [0.1, 0.15) is 0 Å². The molecule has 0 aromatic heterocycles. The van der Waals surface area contributed by atoms with Crippen molar-refractivity contribution in [3.63, 3.8) is 0 Å². The molecule has 0 saturated heterocycles. The van der Waals surface area contributed by atoms with Gasteiger partial charge in [-0.1, -0.05) is 44.2 Å². The van der Waals surface area contributed by atoms with Crippen LogP contribution in [-0.4, -0.2) is 23.0 Å². The Morgan fingerprint density at radius 1 is 1.20 bits per heavy atom. The summed E-state index contributed by atoms with van der Waals surface area (Å²) in [6.07, 6.45) is 1.08. The quantitative estimate of drug-likeness (QED) is 0.867.